The van der Waals surface area contributed by atoms with E-state index in [1.807, 2.05) is 0 Å². The quantitative estimate of drug-likeness (QED) is 0.757. The molecule has 1 aromatic rings. The summed E-state index contributed by atoms with van der Waals surface area (Å²) in [6.07, 6.45) is 0. The molecule has 0 aromatic heterocycles. The van der Waals surface area contributed by atoms with Gasteiger partial charge in [0.25, 0.3) is 0 Å². The molecule has 0 aliphatic rings. The number of alkyl halides is 3. The van der Waals surface area contributed by atoms with E-state index >= 15 is 0 Å². The summed E-state index contributed by atoms with van der Waals surface area (Å²) in [6.45, 7) is 0. The molecule has 0 saturated heterocycles. The summed E-state index contributed by atoms with van der Waals surface area (Å²) in [4.78, 5) is 10.3. The number of carboxylic acid groups (broad SMARTS) is 1. The molecule has 3 nitrogen and oxygen atoms in total. The summed E-state index contributed by atoms with van der Waals surface area (Å²) in [5.74, 6) is -10.8. The Morgan fingerprint density at radius 3 is 2.07 bits per heavy atom. The van der Waals surface area contributed by atoms with E-state index in [0.717, 1.165) is 12.1 Å². The highest BCUT2D eigenvalue weighted by Crippen LogP contribution is 2.38. The van der Waals surface area contributed by atoms with Gasteiger partial charge < -0.3 is 5.11 Å². The van der Waals surface area contributed by atoms with Crippen LogP contribution in [0, 0.1) is 0 Å². The topological polar surface area (TPSA) is 63.3 Å². The van der Waals surface area contributed by atoms with Gasteiger partial charge in [0.15, 0.2) is 0 Å². The van der Waals surface area contributed by atoms with Crippen molar-refractivity contribution in [2.45, 2.75) is 11.7 Å². The van der Waals surface area contributed by atoms with Crippen LogP contribution < -0.4 is 5.73 Å². The summed E-state index contributed by atoms with van der Waals surface area (Å²) in [5.41, 5.74) is 3.67. The van der Waals surface area contributed by atoms with Crippen molar-refractivity contribution in [1.29, 1.82) is 0 Å². The molecule has 1 aromatic carbocycles. The molecule has 0 bridgehead atoms. The van der Waals surface area contributed by atoms with Crippen LogP contribution in [0.2, 0.25) is 0 Å². The number of benzene rings is 1. The van der Waals surface area contributed by atoms with E-state index in [0.29, 0.717) is 0 Å². The van der Waals surface area contributed by atoms with Crippen LogP contribution in [-0.4, -0.2) is 16.9 Å². The van der Waals surface area contributed by atoms with Crippen molar-refractivity contribution in [3.8, 4) is 0 Å². The molecule has 0 heterocycles. The van der Waals surface area contributed by atoms with Crippen LogP contribution in [0.3, 0.4) is 0 Å². The molecule has 1 rings (SSSR count). The summed E-state index contributed by atoms with van der Waals surface area (Å²) in [7, 11) is 0. The van der Waals surface area contributed by atoms with Crippen molar-refractivity contribution in [3.05, 3.63) is 35.9 Å². The lowest BCUT2D eigenvalue weighted by Gasteiger charge is -2.26. The Morgan fingerprint density at radius 1 is 1.20 bits per heavy atom. The molecule has 1 atom stereocenters. The molecular weight excluding hydrogens is 211 g/mol. The summed E-state index contributed by atoms with van der Waals surface area (Å²) in [5, 5.41) is 8.26. The third-order valence-corrected chi connectivity index (χ3v) is 1.90. The number of halogens is 3. The molecular formula is C9H8F3NO2. The molecule has 6 heteroatoms. The maximum absolute atomic E-state index is 13.3. The SMILES string of the molecule is N[C@](F)(C(=O)O)C(F)(F)c1ccccc1. The summed E-state index contributed by atoms with van der Waals surface area (Å²) < 4.78 is 39.7. The van der Waals surface area contributed by atoms with E-state index in [4.69, 9.17) is 5.11 Å². The molecule has 0 amide bonds. The van der Waals surface area contributed by atoms with Crippen LogP contribution in [0.4, 0.5) is 13.2 Å². The lowest BCUT2D eigenvalue weighted by Crippen LogP contribution is -2.56. The highest BCUT2D eigenvalue weighted by atomic mass is 19.3. The highest BCUT2D eigenvalue weighted by molar-refractivity contribution is 5.78. The van der Waals surface area contributed by atoms with Gasteiger partial charge in [-0.1, -0.05) is 30.3 Å². The van der Waals surface area contributed by atoms with E-state index in [1.54, 1.807) is 0 Å². The minimum atomic E-state index is -4.28. The first kappa shape index (κ1) is 11.5. The maximum Gasteiger partial charge on any atom is 0.363 e. The van der Waals surface area contributed by atoms with Crippen LogP contribution in [0.25, 0.3) is 0 Å². The molecule has 0 fully saturated rings. The zero-order valence-corrected chi connectivity index (χ0v) is 7.45. The van der Waals surface area contributed by atoms with Crippen LogP contribution in [0.15, 0.2) is 30.3 Å². The van der Waals surface area contributed by atoms with E-state index in [2.05, 4.69) is 5.73 Å². The highest BCUT2D eigenvalue weighted by Gasteiger charge is 2.59. The van der Waals surface area contributed by atoms with Gasteiger partial charge in [-0.15, -0.1) is 0 Å². The Morgan fingerprint density at radius 2 is 1.67 bits per heavy atom. The third-order valence-electron chi connectivity index (χ3n) is 1.90. The monoisotopic (exact) mass is 219 g/mol. The van der Waals surface area contributed by atoms with Gasteiger partial charge in [-0.25, -0.2) is 9.18 Å². The van der Waals surface area contributed by atoms with Gasteiger partial charge in [0.05, 0.1) is 0 Å². The Kier molecular flexibility index (Phi) is 2.72. The second-order valence-electron chi connectivity index (χ2n) is 2.96. The number of aliphatic carboxylic acids is 1. The number of carboxylic acids is 1. The van der Waals surface area contributed by atoms with Crippen LogP contribution in [-0.2, 0) is 10.7 Å². The van der Waals surface area contributed by atoms with Crippen LogP contribution in [0.1, 0.15) is 5.56 Å². The van der Waals surface area contributed by atoms with E-state index in [9.17, 15) is 18.0 Å². The van der Waals surface area contributed by atoms with Crippen molar-refractivity contribution >= 4 is 5.97 Å². The Labute approximate surface area is 83.3 Å². The number of hydrogen-bond donors (Lipinski definition) is 2. The van der Waals surface area contributed by atoms with Gasteiger partial charge in [-0.3, -0.25) is 5.73 Å². The summed E-state index contributed by atoms with van der Waals surface area (Å²) in [6, 6.07) is 5.73. The fraction of sp³-hybridized carbons (Fsp3) is 0.222. The average Bonchev–Trinajstić information content (AvgIpc) is 2.18. The first-order chi connectivity index (χ1) is 6.80. The van der Waals surface area contributed by atoms with Crippen LogP contribution >= 0.6 is 0 Å². The molecule has 0 unspecified atom stereocenters. The fourth-order valence-electron chi connectivity index (χ4n) is 0.992. The van der Waals surface area contributed by atoms with E-state index < -0.39 is 23.2 Å². The van der Waals surface area contributed by atoms with Crippen molar-refractivity contribution in [2.75, 3.05) is 0 Å². The Hall–Kier alpha value is -1.56. The zero-order chi connectivity index (χ0) is 11.7. The Balaban J connectivity index is 3.19. The fourth-order valence-corrected chi connectivity index (χ4v) is 0.992. The van der Waals surface area contributed by atoms with E-state index in [-0.39, 0.29) is 0 Å². The number of nitrogens with two attached hydrogens (primary N) is 1. The molecule has 0 saturated carbocycles. The van der Waals surface area contributed by atoms with Crippen molar-refractivity contribution in [3.63, 3.8) is 0 Å². The molecule has 0 radical (unpaired) electrons. The van der Waals surface area contributed by atoms with Gasteiger partial charge in [-0.05, 0) is 0 Å². The summed E-state index contributed by atoms with van der Waals surface area (Å²) >= 11 is 0. The smallest absolute Gasteiger partial charge is 0.363 e. The average molecular weight is 219 g/mol. The van der Waals surface area contributed by atoms with Crippen molar-refractivity contribution < 1.29 is 23.1 Å². The number of carbonyl (C=O) groups is 1. The molecule has 82 valence electrons. The minimum Gasteiger partial charge on any atom is -0.478 e. The van der Waals surface area contributed by atoms with Gasteiger partial charge in [0.2, 0.25) is 0 Å². The normalized spacial score (nSPS) is 15.7. The van der Waals surface area contributed by atoms with Gasteiger partial charge in [-0.2, -0.15) is 8.78 Å². The maximum atomic E-state index is 13.3. The second-order valence-corrected chi connectivity index (χ2v) is 2.96. The predicted octanol–water partition coefficient (Wildman–Crippen LogP) is 1.49. The molecule has 0 spiro atoms. The second kappa shape index (κ2) is 3.54. The lowest BCUT2D eigenvalue weighted by molar-refractivity contribution is -0.187. The van der Waals surface area contributed by atoms with Crippen LogP contribution in [0.5, 0.6) is 0 Å². The third kappa shape index (κ3) is 1.80. The largest absolute Gasteiger partial charge is 0.478 e. The molecule has 0 aliphatic carbocycles. The zero-order valence-electron chi connectivity index (χ0n) is 7.45. The Bertz CT molecular complexity index is 365. The van der Waals surface area contributed by atoms with Gasteiger partial charge in [0, 0.05) is 5.56 Å². The molecule has 15 heavy (non-hydrogen) atoms. The first-order valence-corrected chi connectivity index (χ1v) is 3.94. The minimum absolute atomic E-state index is 0.780. The number of hydrogen-bond acceptors (Lipinski definition) is 2. The van der Waals surface area contributed by atoms with E-state index in [1.165, 1.54) is 18.2 Å². The van der Waals surface area contributed by atoms with Crippen molar-refractivity contribution in [2.24, 2.45) is 5.73 Å². The standard InChI is InChI=1S/C9H8F3NO2/c10-8(11,9(12,13)7(14)15)6-4-2-1-3-5-6/h1-5H,13H2,(H,14,15)/t9-/m1/s1. The molecule has 3 N–H and O–H groups in total. The van der Waals surface area contributed by atoms with Gasteiger partial charge in [0.1, 0.15) is 0 Å². The number of rotatable bonds is 3. The molecule has 0 aliphatic heterocycles. The lowest BCUT2D eigenvalue weighted by atomic mass is 10.00. The van der Waals surface area contributed by atoms with Crippen molar-refractivity contribution in [1.82, 2.24) is 0 Å². The predicted molar refractivity (Wildman–Crippen MR) is 46.0 cm³/mol. The van der Waals surface area contributed by atoms with Gasteiger partial charge >= 0.3 is 17.7 Å². The first-order valence-electron chi connectivity index (χ1n) is 3.94.